The minimum atomic E-state index is -0.498. The molecular formula is C41H24N4O. The first kappa shape index (κ1) is 25.2. The van der Waals surface area contributed by atoms with Crippen LogP contribution < -0.4 is 0 Å². The van der Waals surface area contributed by atoms with E-state index in [1.165, 1.54) is 33.4 Å². The van der Waals surface area contributed by atoms with Crippen molar-refractivity contribution in [3.63, 3.8) is 0 Å². The molecule has 5 heteroatoms. The standard InChI is InChI=1S/C41H24N4O/c1-4-14-32-28(11-1)31-21-25(40-44-35(26-9-7-19-42-23-26)22-36(45-40)27-10-8-20-43-24-27)17-18-34(31)41(32)33-15-5-2-12-29(33)39-38(41)30-13-3-6-16-37(30)46-39/h1-24H. The highest BCUT2D eigenvalue weighted by molar-refractivity contribution is 6.02. The molecule has 0 saturated carbocycles. The predicted octanol–water partition coefficient (Wildman–Crippen LogP) is 9.36. The predicted molar refractivity (Wildman–Crippen MR) is 180 cm³/mol. The topological polar surface area (TPSA) is 64.7 Å². The van der Waals surface area contributed by atoms with Gasteiger partial charge in [-0.2, -0.15) is 0 Å². The quantitative estimate of drug-likeness (QED) is 0.206. The van der Waals surface area contributed by atoms with Crippen LogP contribution in [0, 0.1) is 0 Å². The molecule has 0 bridgehead atoms. The van der Waals surface area contributed by atoms with Gasteiger partial charge in [-0.1, -0.05) is 78.9 Å². The SMILES string of the molecule is c1cncc(-c2cc(-c3cccnc3)nc(-c3ccc4c(c3)-c3ccccc3C43c4ccccc4-c4oc5ccccc5c43)n2)c1. The molecule has 1 spiro atoms. The van der Waals surface area contributed by atoms with E-state index >= 15 is 0 Å². The van der Waals surface area contributed by atoms with E-state index < -0.39 is 5.41 Å². The molecule has 0 aliphatic heterocycles. The molecule has 1 unspecified atom stereocenters. The number of hydrogen-bond acceptors (Lipinski definition) is 5. The molecule has 4 heterocycles. The van der Waals surface area contributed by atoms with E-state index in [0.717, 1.165) is 50.4 Å². The lowest BCUT2D eigenvalue weighted by molar-refractivity contribution is 0.628. The highest BCUT2D eigenvalue weighted by Gasteiger charge is 2.54. The number of benzene rings is 4. The van der Waals surface area contributed by atoms with Crippen LogP contribution in [0.5, 0.6) is 0 Å². The van der Waals surface area contributed by atoms with Crippen LogP contribution in [-0.2, 0) is 5.41 Å². The van der Waals surface area contributed by atoms with Gasteiger partial charge in [0.2, 0.25) is 0 Å². The minimum absolute atomic E-state index is 0.498. The molecule has 5 nitrogen and oxygen atoms in total. The Balaban J connectivity index is 1.24. The third-order valence-electron chi connectivity index (χ3n) is 9.49. The first-order chi connectivity index (χ1) is 22.8. The van der Waals surface area contributed by atoms with Gasteiger partial charge in [0.05, 0.1) is 16.8 Å². The van der Waals surface area contributed by atoms with Crippen molar-refractivity contribution < 1.29 is 4.42 Å². The van der Waals surface area contributed by atoms with Crippen molar-refractivity contribution in [3.8, 4) is 56.4 Å². The summed E-state index contributed by atoms with van der Waals surface area (Å²) >= 11 is 0. The first-order valence-electron chi connectivity index (χ1n) is 15.4. The van der Waals surface area contributed by atoms with Crippen LogP contribution in [0.15, 0.2) is 151 Å². The van der Waals surface area contributed by atoms with Crippen molar-refractivity contribution in [2.24, 2.45) is 0 Å². The highest BCUT2D eigenvalue weighted by atomic mass is 16.3. The lowest BCUT2D eigenvalue weighted by Crippen LogP contribution is -2.25. The Kier molecular flexibility index (Phi) is 5.14. The monoisotopic (exact) mass is 588 g/mol. The van der Waals surface area contributed by atoms with Gasteiger partial charge < -0.3 is 4.42 Å². The van der Waals surface area contributed by atoms with E-state index in [-0.39, 0.29) is 0 Å². The van der Waals surface area contributed by atoms with E-state index in [1.807, 2.05) is 48.8 Å². The molecule has 0 saturated heterocycles. The average Bonchev–Trinajstić information content (AvgIpc) is 3.76. The van der Waals surface area contributed by atoms with Gasteiger partial charge in [0, 0.05) is 58.0 Å². The summed E-state index contributed by atoms with van der Waals surface area (Å²) in [5.41, 5.74) is 13.4. The second kappa shape index (κ2) is 9.40. The second-order valence-electron chi connectivity index (χ2n) is 11.8. The summed E-state index contributed by atoms with van der Waals surface area (Å²) in [5.74, 6) is 1.61. The molecule has 2 aliphatic carbocycles. The Labute approximate surface area is 264 Å². The lowest BCUT2D eigenvalue weighted by Gasteiger charge is -2.29. The van der Waals surface area contributed by atoms with Crippen LogP contribution >= 0.6 is 0 Å². The number of fused-ring (bicyclic) bond motifs is 12. The lowest BCUT2D eigenvalue weighted by atomic mass is 9.70. The van der Waals surface area contributed by atoms with Crippen molar-refractivity contribution in [2.45, 2.75) is 5.41 Å². The molecule has 0 amide bonds. The van der Waals surface area contributed by atoms with Gasteiger partial charge in [-0.15, -0.1) is 0 Å². The number of aromatic nitrogens is 4. The molecule has 0 N–H and O–H groups in total. The van der Waals surface area contributed by atoms with Crippen LogP contribution in [-0.4, -0.2) is 19.9 Å². The van der Waals surface area contributed by atoms with Gasteiger partial charge in [-0.3, -0.25) is 9.97 Å². The van der Waals surface area contributed by atoms with Crippen molar-refractivity contribution >= 4 is 11.0 Å². The van der Waals surface area contributed by atoms with Crippen LogP contribution in [0.4, 0.5) is 0 Å². The molecule has 4 aromatic carbocycles. The Morgan fingerprint density at radius 3 is 1.85 bits per heavy atom. The summed E-state index contributed by atoms with van der Waals surface area (Å²) in [7, 11) is 0. The maximum Gasteiger partial charge on any atom is 0.160 e. The fourth-order valence-corrected chi connectivity index (χ4v) is 7.63. The molecule has 0 fully saturated rings. The van der Waals surface area contributed by atoms with Gasteiger partial charge >= 0.3 is 0 Å². The summed E-state index contributed by atoms with van der Waals surface area (Å²) < 4.78 is 6.63. The Bertz CT molecular complexity index is 2430. The third kappa shape index (κ3) is 3.34. The Hall–Kier alpha value is -6.20. The summed E-state index contributed by atoms with van der Waals surface area (Å²) in [6, 6.07) is 42.5. The van der Waals surface area contributed by atoms with E-state index in [1.54, 1.807) is 12.4 Å². The second-order valence-corrected chi connectivity index (χ2v) is 11.8. The van der Waals surface area contributed by atoms with Gasteiger partial charge in [-0.05, 0) is 70.3 Å². The van der Waals surface area contributed by atoms with Crippen molar-refractivity contribution in [2.75, 3.05) is 0 Å². The molecule has 8 aromatic rings. The van der Waals surface area contributed by atoms with Gasteiger partial charge in [-0.25, -0.2) is 9.97 Å². The summed E-state index contributed by atoms with van der Waals surface area (Å²) in [5, 5.41) is 1.15. The molecule has 10 rings (SSSR count). The Morgan fingerprint density at radius 2 is 1.13 bits per heavy atom. The van der Waals surface area contributed by atoms with Gasteiger partial charge in [0.15, 0.2) is 5.82 Å². The number of hydrogen-bond donors (Lipinski definition) is 0. The number of pyridine rings is 2. The summed E-state index contributed by atoms with van der Waals surface area (Å²) in [4.78, 5) is 18.9. The molecule has 4 aromatic heterocycles. The van der Waals surface area contributed by atoms with E-state index in [9.17, 15) is 0 Å². The van der Waals surface area contributed by atoms with Crippen LogP contribution in [0.25, 0.3) is 67.3 Å². The fourth-order valence-electron chi connectivity index (χ4n) is 7.63. The van der Waals surface area contributed by atoms with E-state index in [4.69, 9.17) is 14.4 Å². The third-order valence-corrected chi connectivity index (χ3v) is 9.49. The molecule has 2 aliphatic rings. The normalized spacial score (nSPS) is 15.5. The van der Waals surface area contributed by atoms with E-state index in [2.05, 4.69) is 94.9 Å². The number of furan rings is 1. The largest absolute Gasteiger partial charge is 0.456 e. The minimum Gasteiger partial charge on any atom is -0.456 e. The number of para-hydroxylation sites is 1. The van der Waals surface area contributed by atoms with Crippen molar-refractivity contribution in [3.05, 3.63) is 168 Å². The summed E-state index contributed by atoms with van der Waals surface area (Å²) in [6.07, 6.45) is 7.23. The first-order valence-corrected chi connectivity index (χ1v) is 15.4. The van der Waals surface area contributed by atoms with E-state index in [0.29, 0.717) is 5.82 Å². The van der Waals surface area contributed by atoms with Crippen molar-refractivity contribution in [1.82, 2.24) is 19.9 Å². The van der Waals surface area contributed by atoms with Gasteiger partial charge in [0.1, 0.15) is 11.3 Å². The number of nitrogens with zero attached hydrogens (tertiary/aromatic N) is 4. The zero-order valence-electron chi connectivity index (χ0n) is 24.6. The molecular weight excluding hydrogens is 564 g/mol. The zero-order valence-corrected chi connectivity index (χ0v) is 24.6. The van der Waals surface area contributed by atoms with Gasteiger partial charge in [0.25, 0.3) is 0 Å². The molecule has 214 valence electrons. The smallest absolute Gasteiger partial charge is 0.160 e. The van der Waals surface area contributed by atoms with Crippen molar-refractivity contribution in [1.29, 1.82) is 0 Å². The van der Waals surface area contributed by atoms with Crippen LogP contribution in [0.1, 0.15) is 22.3 Å². The molecule has 1 atom stereocenters. The highest BCUT2D eigenvalue weighted by Crippen LogP contribution is 2.64. The summed E-state index contributed by atoms with van der Waals surface area (Å²) in [6.45, 7) is 0. The molecule has 46 heavy (non-hydrogen) atoms. The maximum atomic E-state index is 6.63. The fraction of sp³-hybridized carbons (Fsp3) is 0.0244. The maximum absolute atomic E-state index is 6.63. The Morgan fingerprint density at radius 1 is 0.500 bits per heavy atom. The average molecular weight is 589 g/mol. The number of rotatable bonds is 3. The molecule has 0 radical (unpaired) electrons. The van der Waals surface area contributed by atoms with Crippen LogP contribution in [0.3, 0.4) is 0 Å². The zero-order chi connectivity index (χ0) is 30.2. The van der Waals surface area contributed by atoms with Crippen LogP contribution in [0.2, 0.25) is 0 Å².